The van der Waals surface area contributed by atoms with Crippen LogP contribution in [-0.2, 0) is 5.67 Å². The minimum Gasteiger partial charge on any atom is -0.354 e. The van der Waals surface area contributed by atoms with Crippen LogP contribution in [0.3, 0.4) is 0 Å². The number of hydrogen-bond donors (Lipinski definition) is 2. The second kappa shape index (κ2) is 10.3. The standard InChI is InChI=1S/C29H28FN5O2/c1-17-6-7-22(35-27(36)20-9-11-33-26(15-20)29(3,4)30)16-23(17)21-12-18(2)34-24(14-21)19-8-10-32-25(13-19)28(37)31-5/h6-16H,1-5H3,(H,31,37)(H,35,36)/i5D3. The summed E-state index contributed by atoms with van der Waals surface area (Å²) in [5.41, 5.74) is 3.76. The lowest BCUT2D eigenvalue weighted by Gasteiger charge is -2.15. The van der Waals surface area contributed by atoms with E-state index in [4.69, 9.17) is 4.11 Å². The number of pyridine rings is 3. The number of benzene rings is 1. The molecule has 3 aromatic heterocycles. The predicted molar refractivity (Wildman–Crippen MR) is 142 cm³/mol. The Bertz CT molecular complexity index is 1600. The number of carbonyl (C=O) groups is 2. The molecule has 1 aromatic carbocycles. The summed E-state index contributed by atoms with van der Waals surface area (Å²) in [5, 5.41) is 4.81. The number of carbonyl (C=O) groups excluding carboxylic acids is 2. The molecule has 8 heteroatoms. The van der Waals surface area contributed by atoms with Crippen molar-refractivity contribution in [1.82, 2.24) is 20.3 Å². The Morgan fingerprint density at radius 3 is 2.46 bits per heavy atom. The van der Waals surface area contributed by atoms with Crippen molar-refractivity contribution in [2.24, 2.45) is 0 Å². The molecule has 4 aromatic rings. The highest BCUT2D eigenvalue weighted by atomic mass is 19.1. The molecule has 37 heavy (non-hydrogen) atoms. The van der Waals surface area contributed by atoms with Crippen LogP contribution in [0.15, 0.2) is 67.0 Å². The number of aromatic nitrogens is 3. The van der Waals surface area contributed by atoms with Crippen LogP contribution in [0.4, 0.5) is 10.1 Å². The molecule has 0 fully saturated rings. The summed E-state index contributed by atoms with van der Waals surface area (Å²) in [6.45, 7) is 3.91. The number of alkyl halides is 1. The maximum absolute atomic E-state index is 14.3. The van der Waals surface area contributed by atoms with Crippen LogP contribution in [0.1, 0.15) is 55.8 Å². The molecule has 0 radical (unpaired) electrons. The number of hydrogen-bond acceptors (Lipinski definition) is 5. The fourth-order valence-electron chi connectivity index (χ4n) is 3.86. The highest BCUT2D eigenvalue weighted by Gasteiger charge is 2.22. The van der Waals surface area contributed by atoms with Crippen molar-refractivity contribution in [2.75, 3.05) is 12.3 Å². The van der Waals surface area contributed by atoms with Gasteiger partial charge in [-0.2, -0.15) is 0 Å². The third kappa shape index (κ3) is 5.86. The van der Waals surface area contributed by atoms with Gasteiger partial charge in [-0.3, -0.25) is 24.5 Å². The molecule has 7 nitrogen and oxygen atoms in total. The van der Waals surface area contributed by atoms with E-state index in [1.165, 1.54) is 44.4 Å². The molecule has 0 bridgehead atoms. The Hall–Kier alpha value is -4.46. The first-order valence-electron chi connectivity index (χ1n) is 13.0. The minimum absolute atomic E-state index is 0.0465. The maximum atomic E-state index is 14.3. The lowest BCUT2D eigenvalue weighted by Crippen LogP contribution is -2.19. The number of halogens is 1. The average Bonchev–Trinajstić information content (AvgIpc) is 2.88. The van der Waals surface area contributed by atoms with Crippen molar-refractivity contribution >= 4 is 17.5 Å². The van der Waals surface area contributed by atoms with Crippen molar-refractivity contribution in [2.45, 2.75) is 33.4 Å². The summed E-state index contributed by atoms with van der Waals surface area (Å²) in [7, 11) is 0. The van der Waals surface area contributed by atoms with Gasteiger partial charge in [0, 0.05) is 46.0 Å². The molecule has 0 atom stereocenters. The lowest BCUT2D eigenvalue weighted by atomic mass is 9.97. The monoisotopic (exact) mass is 500 g/mol. The fraction of sp³-hybridized carbons (Fsp3) is 0.207. The zero-order chi connectivity index (χ0) is 29.2. The predicted octanol–water partition coefficient (Wildman–Crippen LogP) is 5.64. The van der Waals surface area contributed by atoms with E-state index in [0.29, 0.717) is 22.6 Å². The van der Waals surface area contributed by atoms with Crippen molar-refractivity contribution < 1.29 is 18.1 Å². The van der Waals surface area contributed by atoms with Crippen LogP contribution in [0, 0.1) is 13.8 Å². The van der Waals surface area contributed by atoms with E-state index >= 15 is 0 Å². The normalized spacial score (nSPS) is 12.7. The molecule has 4 rings (SSSR count). The van der Waals surface area contributed by atoms with Crippen LogP contribution in [0.5, 0.6) is 0 Å². The molecule has 188 valence electrons. The number of aryl methyl sites for hydroxylation is 2. The van der Waals surface area contributed by atoms with Crippen molar-refractivity contribution in [3.8, 4) is 22.4 Å². The van der Waals surface area contributed by atoms with Gasteiger partial charge in [-0.25, -0.2) is 4.39 Å². The highest BCUT2D eigenvalue weighted by molar-refractivity contribution is 6.04. The van der Waals surface area contributed by atoms with E-state index < -0.39 is 24.5 Å². The average molecular weight is 501 g/mol. The lowest BCUT2D eigenvalue weighted by molar-refractivity contribution is 0.0957. The fourth-order valence-corrected chi connectivity index (χ4v) is 3.86. The largest absolute Gasteiger partial charge is 0.354 e. The third-order valence-corrected chi connectivity index (χ3v) is 5.79. The molecular weight excluding hydrogens is 469 g/mol. The molecule has 0 saturated heterocycles. The molecule has 2 N–H and O–H groups in total. The molecule has 2 amide bonds. The number of nitrogens with one attached hydrogen (secondary N) is 2. The van der Waals surface area contributed by atoms with Crippen molar-refractivity contribution in [1.29, 1.82) is 0 Å². The first kappa shape index (κ1) is 21.8. The van der Waals surface area contributed by atoms with Gasteiger partial charge in [-0.15, -0.1) is 0 Å². The van der Waals surface area contributed by atoms with Gasteiger partial charge in [0.2, 0.25) is 0 Å². The molecule has 0 aliphatic carbocycles. The molecule has 0 unspecified atom stereocenters. The Labute approximate surface area is 219 Å². The van der Waals surface area contributed by atoms with Crippen LogP contribution in [0.25, 0.3) is 22.4 Å². The molecule has 0 aliphatic rings. The summed E-state index contributed by atoms with van der Waals surface area (Å²) in [4.78, 5) is 37.9. The van der Waals surface area contributed by atoms with Gasteiger partial charge in [-0.1, -0.05) is 6.07 Å². The highest BCUT2D eigenvalue weighted by Crippen LogP contribution is 2.31. The SMILES string of the molecule is [2H]C([2H])([2H])NC(=O)c1cc(-c2cc(-c3cc(NC(=O)c4ccnc(C(C)(C)F)c4)ccc3C)cc(C)n2)ccn1. The van der Waals surface area contributed by atoms with Gasteiger partial charge in [0.1, 0.15) is 11.4 Å². The van der Waals surface area contributed by atoms with Crippen LogP contribution in [0.2, 0.25) is 0 Å². The molecule has 0 aliphatic heterocycles. The van der Waals surface area contributed by atoms with E-state index in [2.05, 4.69) is 20.3 Å². The Balaban J connectivity index is 1.65. The van der Waals surface area contributed by atoms with Gasteiger partial charge in [-0.05, 0) is 92.9 Å². The Morgan fingerprint density at radius 2 is 1.70 bits per heavy atom. The van der Waals surface area contributed by atoms with Gasteiger partial charge >= 0.3 is 0 Å². The Morgan fingerprint density at radius 1 is 0.919 bits per heavy atom. The summed E-state index contributed by atoms with van der Waals surface area (Å²) in [6, 6.07) is 15.4. The van der Waals surface area contributed by atoms with E-state index in [1.54, 1.807) is 12.1 Å². The summed E-state index contributed by atoms with van der Waals surface area (Å²) in [5.74, 6) is -1.21. The molecule has 0 spiro atoms. The first-order valence-corrected chi connectivity index (χ1v) is 11.5. The number of rotatable bonds is 6. The summed E-state index contributed by atoms with van der Waals surface area (Å²) in [6.07, 6.45) is 2.83. The minimum atomic E-state index is -2.63. The second-order valence-electron chi connectivity index (χ2n) is 9.15. The zero-order valence-corrected chi connectivity index (χ0v) is 20.9. The van der Waals surface area contributed by atoms with E-state index in [-0.39, 0.29) is 17.0 Å². The van der Waals surface area contributed by atoms with E-state index in [9.17, 15) is 14.0 Å². The van der Waals surface area contributed by atoms with Crippen molar-refractivity contribution in [3.63, 3.8) is 0 Å². The number of amides is 2. The zero-order valence-electron chi connectivity index (χ0n) is 23.9. The van der Waals surface area contributed by atoms with Gasteiger partial charge in [0.25, 0.3) is 11.8 Å². The van der Waals surface area contributed by atoms with Crippen molar-refractivity contribution in [3.05, 3.63) is 95.2 Å². The second-order valence-corrected chi connectivity index (χ2v) is 9.15. The smallest absolute Gasteiger partial charge is 0.269 e. The maximum Gasteiger partial charge on any atom is 0.269 e. The number of anilines is 1. The number of nitrogens with zero attached hydrogens (tertiary/aromatic N) is 3. The van der Waals surface area contributed by atoms with Gasteiger partial charge in [0.05, 0.1) is 11.4 Å². The third-order valence-electron chi connectivity index (χ3n) is 5.79. The molecule has 3 heterocycles. The van der Waals surface area contributed by atoms with E-state index in [1.807, 2.05) is 43.4 Å². The Kier molecular flexibility index (Phi) is 6.04. The topological polar surface area (TPSA) is 96.9 Å². The van der Waals surface area contributed by atoms with Gasteiger partial charge in [0.15, 0.2) is 0 Å². The van der Waals surface area contributed by atoms with Gasteiger partial charge < -0.3 is 10.6 Å². The van der Waals surface area contributed by atoms with Crippen LogP contribution in [-0.4, -0.2) is 33.7 Å². The van der Waals surface area contributed by atoms with Crippen LogP contribution >= 0.6 is 0 Å². The quantitative estimate of drug-likeness (QED) is 0.357. The summed E-state index contributed by atoms with van der Waals surface area (Å²) >= 11 is 0. The first-order chi connectivity index (χ1) is 18.7. The van der Waals surface area contributed by atoms with E-state index in [0.717, 1.165) is 16.7 Å². The summed E-state index contributed by atoms with van der Waals surface area (Å²) < 4.78 is 36.1. The molecule has 0 saturated carbocycles. The molecular formula is C29H28FN5O2. The van der Waals surface area contributed by atoms with Crippen LogP contribution < -0.4 is 10.6 Å².